The molecule has 0 aliphatic heterocycles. The fourth-order valence-electron chi connectivity index (χ4n) is 1.63. The Bertz CT molecular complexity index is 343. The molecule has 0 N–H and O–H groups in total. The SMILES string of the molecule is CC.Cc1cnc(OCC(C)C)c(C2CC2)c1. The summed E-state index contributed by atoms with van der Waals surface area (Å²) in [7, 11) is 0. The molecule has 1 fully saturated rings. The zero-order valence-corrected chi connectivity index (χ0v) is 11.8. The van der Waals surface area contributed by atoms with Gasteiger partial charge in [0.25, 0.3) is 0 Å². The Morgan fingerprint density at radius 2 is 2.00 bits per heavy atom. The van der Waals surface area contributed by atoms with Crippen molar-refractivity contribution in [2.75, 3.05) is 6.61 Å². The van der Waals surface area contributed by atoms with Crippen molar-refractivity contribution in [1.82, 2.24) is 4.98 Å². The smallest absolute Gasteiger partial charge is 0.216 e. The van der Waals surface area contributed by atoms with Crippen LogP contribution in [-0.2, 0) is 0 Å². The molecule has 0 radical (unpaired) electrons. The minimum atomic E-state index is 0.556. The van der Waals surface area contributed by atoms with E-state index in [1.807, 2.05) is 20.0 Å². The lowest BCUT2D eigenvalue weighted by molar-refractivity contribution is 0.258. The molecule has 0 amide bonds. The average molecular weight is 235 g/mol. The van der Waals surface area contributed by atoms with Crippen molar-refractivity contribution in [2.24, 2.45) is 5.92 Å². The molecule has 0 aromatic carbocycles. The summed E-state index contributed by atoms with van der Waals surface area (Å²) < 4.78 is 5.74. The highest BCUT2D eigenvalue weighted by Crippen LogP contribution is 2.43. The van der Waals surface area contributed by atoms with E-state index < -0.39 is 0 Å². The Morgan fingerprint density at radius 3 is 2.53 bits per heavy atom. The number of aryl methyl sites for hydroxylation is 1. The van der Waals surface area contributed by atoms with Crippen molar-refractivity contribution < 1.29 is 4.74 Å². The maximum absolute atomic E-state index is 5.74. The maximum Gasteiger partial charge on any atom is 0.216 e. The van der Waals surface area contributed by atoms with E-state index in [4.69, 9.17) is 4.74 Å². The molecule has 1 saturated carbocycles. The third-order valence-corrected chi connectivity index (χ3v) is 2.59. The molecule has 96 valence electrons. The van der Waals surface area contributed by atoms with Gasteiger partial charge in [0.15, 0.2) is 0 Å². The predicted molar refractivity (Wildman–Crippen MR) is 72.6 cm³/mol. The van der Waals surface area contributed by atoms with Crippen LogP contribution in [0, 0.1) is 12.8 Å². The van der Waals surface area contributed by atoms with Crippen molar-refractivity contribution in [3.63, 3.8) is 0 Å². The first-order valence-corrected chi connectivity index (χ1v) is 6.76. The van der Waals surface area contributed by atoms with Crippen LogP contribution in [0.4, 0.5) is 0 Å². The lowest BCUT2D eigenvalue weighted by Gasteiger charge is -2.12. The number of nitrogens with zero attached hydrogens (tertiary/aromatic N) is 1. The van der Waals surface area contributed by atoms with Gasteiger partial charge in [-0.25, -0.2) is 4.98 Å². The van der Waals surface area contributed by atoms with Gasteiger partial charge in [-0.2, -0.15) is 0 Å². The first-order valence-electron chi connectivity index (χ1n) is 6.76. The molecule has 0 spiro atoms. The fourth-order valence-corrected chi connectivity index (χ4v) is 1.63. The first kappa shape index (κ1) is 14.0. The minimum Gasteiger partial charge on any atom is -0.477 e. The highest BCUT2D eigenvalue weighted by Gasteiger charge is 2.27. The molecular weight excluding hydrogens is 210 g/mol. The minimum absolute atomic E-state index is 0.556. The highest BCUT2D eigenvalue weighted by atomic mass is 16.5. The molecule has 2 heteroatoms. The summed E-state index contributed by atoms with van der Waals surface area (Å²) in [4.78, 5) is 4.39. The molecule has 2 rings (SSSR count). The van der Waals surface area contributed by atoms with Crippen LogP contribution in [0.25, 0.3) is 0 Å². The van der Waals surface area contributed by atoms with Crippen LogP contribution in [0.1, 0.15) is 57.6 Å². The summed E-state index contributed by atoms with van der Waals surface area (Å²) in [6.45, 7) is 11.2. The third kappa shape index (κ3) is 4.37. The molecule has 1 heterocycles. The number of aromatic nitrogens is 1. The first-order chi connectivity index (χ1) is 8.16. The summed E-state index contributed by atoms with van der Waals surface area (Å²) in [6.07, 6.45) is 4.48. The molecule has 0 bridgehead atoms. The lowest BCUT2D eigenvalue weighted by Crippen LogP contribution is -2.07. The Balaban J connectivity index is 0.000000686. The third-order valence-electron chi connectivity index (χ3n) is 2.59. The van der Waals surface area contributed by atoms with Crippen molar-refractivity contribution in [3.8, 4) is 5.88 Å². The van der Waals surface area contributed by atoms with Gasteiger partial charge >= 0.3 is 0 Å². The molecule has 17 heavy (non-hydrogen) atoms. The van der Waals surface area contributed by atoms with Gasteiger partial charge in [-0.15, -0.1) is 0 Å². The zero-order chi connectivity index (χ0) is 12.8. The Hall–Kier alpha value is -1.05. The van der Waals surface area contributed by atoms with Gasteiger partial charge in [-0.1, -0.05) is 27.7 Å². The van der Waals surface area contributed by atoms with E-state index in [1.54, 1.807) is 0 Å². The Morgan fingerprint density at radius 1 is 1.35 bits per heavy atom. The van der Waals surface area contributed by atoms with Crippen molar-refractivity contribution in [2.45, 2.75) is 53.4 Å². The molecule has 2 nitrogen and oxygen atoms in total. The maximum atomic E-state index is 5.74. The van der Waals surface area contributed by atoms with E-state index >= 15 is 0 Å². The van der Waals surface area contributed by atoms with Crippen molar-refractivity contribution in [3.05, 3.63) is 23.4 Å². The summed E-state index contributed by atoms with van der Waals surface area (Å²) >= 11 is 0. The van der Waals surface area contributed by atoms with Gasteiger partial charge in [0, 0.05) is 11.8 Å². The molecule has 0 atom stereocenters. The molecule has 1 aromatic rings. The number of hydrogen-bond acceptors (Lipinski definition) is 2. The summed E-state index contributed by atoms with van der Waals surface area (Å²) in [6, 6.07) is 2.22. The standard InChI is InChI=1S/C13H19NO.C2H6/c1-9(2)8-15-13-12(11-4-5-11)6-10(3)7-14-13;1-2/h6-7,9,11H,4-5,8H2,1-3H3;1-2H3. The van der Waals surface area contributed by atoms with E-state index in [1.165, 1.54) is 24.0 Å². The normalized spacial score (nSPS) is 14.2. The number of pyridine rings is 1. The van der Waals surface area contributed by atoms with Crippen molar-refractivity contribution >= 4 is 0 Å². The van der Waals surface area contributed by atoms with E-state index in [2.05, 4.69) is 31.8 Å². The fraction of sp³-hybridized carbons (Fsp3) is 0.667. The second kappa shape index (κ2) is 6.63. The monoisotopic (exact) mass is 235 g/mol. The molecule has 0 saturated heterocycles. The quantitative estimate of drug-likeness (QED) is 0.775. The van der Waals surface area contributed by atoms with Crippen LogP contribution in [0.5, 0.6) is 5.88 Å². The van der Waals surface area contributed by atoms with Crippen LogP contribution in [0.2, 0.25) is 0 Å². The van der Waals surface area contributed by atoms with E-state index in [9.17, 15) is 0 Å². The summed E-state index contributed by atoms with van der Waals surface area (Å²) in [5.41, 5.74) is 2.55. The molecular formula is C15H25NO. The molecule has 1 aliphatic rings. The van der Waals surface area contributed by atoms with Crippen LogP contribution in [0.15, 0.2) is 12.3 Å². The zero-order valence-electron chi connectivity index (χ0n) is 11.8. The Kier molecular flexibility index (Phi) is 5.46. The Labute approximate surface area is 105 Å². The molecule has 0 unspecified atom stereocenters. The van der Waals surface area contributed by atoms with Gasteiger partial charge in [0.1, 0.15) is 0 Å². The van der Waals surface area contributed by atoms with Gasteiger partial charge in [0.2, 0.25) is 5.88 Å². The van der Waals surface area contributed by atoms with Crippen molar-refractivity contribution in [1.29, 1.82) is 0 Å². The van der Waals surface area contributed by atoms with Gasteiger partial charge in [0.05, 0.1) is 6.61 Å². The van der Waals surface area contributed by atoms with Crippen LogP contribution in [-0.4, -0.2) is 11.6 Å². The molecule has 1 aromatic heterocycles. The molecule has 1 aliphatic carbocycles. The summed E-state index contributed by atoms with van der Waals surface area (Å²) in [5.74, 6) is 2.12. The number of hydrogen-bond donors (Lipinski definition) is 0. The highest BCUT2D eigenvalue weighted by molar-refractivity contribution is 5.35. The van der Waals surface area contributed by atoms with Gasteiger partial charge in [-0.3, -0.25) is 0 Å². The average Bonchev–Trinajstić information content (AvgIpc) is 3.14. The number of rotatable bonds is 4. The second-order valence-electron chi connectivity index (χ2n) is 4.89. The topological polar surface area (TPSA) is 22.1 Å². The van der Waals surface area contributed by atoms with E-state index in [0.29, 0.717) is 11.8 Å². The second-order valence-corrected chi connectivity index (χ2v) is 4.89. The van der Waals surface area contributed by atoms with E-state index in [-0.39, 0.29) is 0 Å². The largest absolute Gasteiger partial charge is 0.477 e. The van der Waals surface area contributed by atoms with Crippen LogP contribution >= 0.6 is 0 Å². The predicted octanol–water partition coefficient (Wildman–Crippen LogP) is 4.33. The van der Waals surface area contributed by atoms with Crippen LogP contribution in [0.3, 0.4) is 0 Å². The summed E-state index contributed by atoms with van der Waals surface area (Å²) in [5, 5.41) is 0. The van der Waals surface area contributed by atoms with Crippen LogP contribution < -0.4 is 4.74 Å². The van der Waals surface area contributed by atoms with Gasteiger partial charge < -0.3 is 4.74 Å². The number of ether oxygens (including phenoxy) is 1. The lowest BCUT2D eigenvalue weighted by atomic mass is 10.1. The van der Waals surface area contributed by atoms with Gasteiger partial charge in [-0.05, 0) is 43.2 Å². The van der Waals surface area contributed by atoms with E-state index in [0.717, 1.165) is 12.5 Å².